The Morgan fingerprint density at radius 2 is 2.25 bits per heavy atom. The maximum absolute atomic E-state index is 12.0. The molecule has 1 rings (SSSR count). The second-order valence-corrected chi connectivity index (χ2v) is 4.04. The zero-order valence-corrected chi connectivity index (χ0v) is 10.7. The molecule has 0 bridgehead atoms. The van der Waals surface area contributed by atoms with Crippen LogP contribution in [0.25, 0.3) is 0 Å². The summed E-state index contributed by atoms with van der Waals surface area (Å²) < 4.78 is 5.17. The van der Waals surface area contributed by atoms with Gasteiger partial charge in [-0.1, -0.05) is 6.92 Å². The van der Waals surface area contributed by atoms with Crippen LogP contribution in [0.2, 0.25) is 0 Å². The fraction of sp³-hybridized carbons (Fsp3) is 0.364. The van der Waals surface area contributed by atoms with Crippen molar-refractivity contribution in [1.82, 2.24) is 4.98 Å². The number of hydrogen-bond donors (Lipinski definition) is 0. The van der Waals surface area contributed by atoms with Crippen molar-refractivity contribution >= 4 is 27.7 Å². The number of halogens is 1. The number of pyridine rings is 1. The van der Waals surface area contributed by atoms with Gasteiger partial charge in [-0.15, -0.1) is 0 Å². The number of hydrogen-bond acceptors (Lipinski definition) is 4. The molecule has 86 valence electrons. The molecule has 0 amide bonds. The molecule has 1 aromatic heterocycles. The maximum atomic E-state index is 12.0. The van der Waals surface area contributed by atoms with E-state index in [1.54, 1.807) is 19.1 Å². The second kappa shape index (κ2) is 5.75. The van der Waals surface area contributed by atoms with Crippen LogP contribution in [0.15, 0.2) is 22.8 Å². The van der Waals surface area contributed by atoms with E-state index in [2.05, 4.69) is 25.7 Å². The Morgan fingerprint density at radius 3 is 2.75 bits per heavy atom. The summed E-state index contributed by atoms with van der Waals surface area (Å²) in [7, 11) is 1.27. The topological polar surface area (TPSA) is 56.3 Å². The maximum Gasteiger partial charge on any atom is 0.316 e. The molecule has 0 aromatic carbocycles. The van der Waals surface area contributed by atoms with E-state index < -0.39 is 11.9 Å². The number of Topliss-reactive ketones (excluding diaryl/α,β-unsaturated/α-hetero) is 1. The monoisotopic (exact) mass is 285 g/mol. The van der Waals surface area contributed by atoms with Gasteiger partial charge in [0.05, 0.1) is 7.11 Å². The molecule has 1 unspecified atom stereocenters. The zero-order valence-electron chi connectivity index (χ0n) is 9.07. The fourth-order valence-corrected chi connectivity index (χ4v) is 1.78. The summed E-state index contributed by atoms with van der Waals surface area (Å²) in [6.07, 6.45) is 1.91. The summed E-state index contributed by atoms with van der Waals surface area (Å²) in [5.41, 5.74) is 0.264. The third-order valence-corrected chi connectivity index (χ3v) is 2.84. The first-order valence-electron chi connectivity index (χ1n) is 4.84. The Labute approximate surface area is 102 Å². The number of ether oxygens (including phenoxy) is 1. The van der Waals surface area contributed by atoms with Gasteiger partial charge in [0.1, 0.15) is 11.6 Å². The Morgan fingerprint density at radius 1 is 1.56 bits per heavy atom. The molecular weight excluding hydrogens is 274 g/mol. The summed E-state index contributed by atoms with van der Waals surface area (Å²) in [6.45, 7) is 1.76. The number of rotatable bonds is 4. The molecule has 0 aliphatic carbocycles. The number of ketones is 1. The van der Waals surface area contributed by atoms with E-state index in [0.717, 1.165) is 0 Å². The molecule has 0 saturated carbocycles. The molecule has 1 aromatic rings. The van der Waals surface area contributed by atoms with Crippen molar-refractivity contribution in [2.24, 2.45) is 5.92 Å². The average Bonchev–Trinajstić information content (AvgIpc) is 2.30. The first kappa shape index (κ1) is 12.8. The lowest BCUT2D eigenvalue weighted by atomic mass is 9.98. The molecule has 16 heavy (non-hydrogen) atoms. The largest absolute Gasteiger partial charge is 0.468 e. The number of methoxy groups -OCH3 is 1. The van der Waals surface area contributed by atoms with Crippen LogP contribution >= 0.6 is 15.9 Å². The standard InChI is InChI=1S/C11H12BrNO3/c1-3-7(11(15)16-2)10(14)9-8(12)5-4-6-13-9/h4-7H,3H2,1-2H3. The molecule has 1 atom stereocenters. The molecule has 0 N–H and O–H groups in total. The van der Waals surface area contributed by atoms with Crippen molar-refractivity contribution in [1.29, 1.82) is 0 Å². The van der Waals surface area contributed by atoms with E-state index in [1.807, 2.05) is 0 Å². The van der Waals surface area contributed by atoms with Crippen LogP contribution in [0.5, 0.6) is 0 Å². The number of carbonyl (C=O) groups is 2. The van der Waals surface area contributed by atoms with E-state index >= 15 is 0 Å². The second-order valence-electron chi connectivity index (χ2n) is 3.18. The van der Waals surface area contributed by atoms with Crippen LogP contribution in [-0.2, 0) is 9.53 Å². The van der Waals surface area contributed by atoms with Crippen molar-refractivity contribution in [2.75, 3.05) is 7.11 Å². The summed E-state index contributed by atoms with van der Waals surface area (Å²) in [5.74, 6) is -1.62. The molecule has 4 nitrogen and oxygen atoms in total. The van der Waals surface area contributed by atoms with Gasteiger partial charge in [-0.3, -0.25) is 14.6 Å². The van der Waals surface area contributed by atoms with Crippen LogP contribution in [0.3, 0.4) is 0 Å². The zero-order chi connectivity index (χ0) is 12.1. The summed E-state index contributed by atoms with van der Waals surface area (Å²) in [6, 6.07) is 3.42. The minimum Gasteiger partial charge on any atom is -0.468 e. The first-order valence-corrected chi connectivity index (χ1v) is 5.63. The van der Waals surface area contributed by atoms with Gasteiger partial charge in [-0.05, 0) is 34.5 Å². The third-order valence-electron chi connectivity index (χ3n) is 2.20. The minimum absolute atomic E-state index is 0.264. The lowest BCUT2D eigenvalue weighted by Gasteiger charge is -2.11. The summed E-state index contributed by atoms with van der Waals surface area (Å²) in [4.78, 5) is 27.3. The Kier molecular flexibility index (Phi) is 4.61. The van der Waals surface area contributed by atoms with E-state index in [-0.39, 0.29) is 11.5 Å². The number of nitrogens with zero attached hydrogens (tertiary/aromatic N) is 1. The van der Waals surface area contributed by atoms with Crippen molar-refractivity contribution in [3.8, 4) is 0 Å². The third kappa shape index (κ3) is 2.66. The predicted molar refractivity (Wildman–Crippen MR) is 62.1 cm³/mol. The SMILES string of the molecule is CCC(C(=O)OC)C(=O)c1ncccc1Br. The summed E-state index contributed by atoms with van der Waals surface area (Å²) in [5, 5.41) is 0. The van der Waals surface area contributed by atoms with Gasteiger partial charge < -0.3 is 4.74 Å². The lowest BCUT2D eigenvalue weighted by molar-refractivity contribution is -0.143. The van der Waals surface area contributed by atoms with Gasteiger partial charge in [0, 0.05) is 10.7 Å². The Bertz CT molecular complexity index is 406. The van der Waals surface area contributed by atoms with Crippen LogP contribution in [0, 0.1) is 5.92 Å². The molecule has 0 aliphatic rings. The van der Waals surface area contributed by atoms with Crippen LogP contribution in [-0.4, -0.2) is 23.8 Å². The van der Waals surface area contributed by atoms with Gasteiger partial charge in [-0.2, -0.15) is 0 Å². The van der Waals surface area contributed by atoms with Crippen LogP contribution in [0.1, 0.15) is 23.8 Å². The van der Waals surface area contributed by atoms with Crippen molar-refractivity contribution in [2.45, 2.75) is 13.3 Å². The van der Waals surface area contributed by atoms with E-state index in [1.165, 1.54) is 13.3 Å². The lowest BCUT2D eigenvalue weighted by Crippen LogP contribution is -2.25. The van der Waals surface area contributed by atoms with Crippen molar-refractivity contribution in [3.63, 3.8) is 0 Å². The first-order chi connectivity index (χ1) is 7.61. The van der Waals surface area contributed by atoms with Gasteiger partial charge >= 0.3 is 5.97 Å². The average molecular weight is 286 g/mol. The van der Waals surface area contributed by atoms with Crippen LogP contribution in [0.4, 0.5) is 0 Å². The van der Waals surface area contributed by atoms with Gasteiger partial charge in [0.25, 0.3) is 0 Å². The number of carbonyl (C=O) groups excluding carboxylic acids is 2. The van der Waals surface area contributed by atoms with Crippen molar-refractivity contribution < 1.29 is 14.3 Å². The quantitative estimate of drug-likeness (QED) is 0.484. The van der Waals surface area contributed by atoms with Crippen LogP contribution < -0.4 is 0 Å². The normalized spacial score (nSPS) is 11.9. The highest BCUT2D eigenvalue weighted by Crippen LogP contribution is 2.19. The van der Waals surface area contributed by atoms with E-state index in [9.17, 15) is 9.59 Å². The molecule has 0 fully saturated rings. The Hall–Kier alpha value is -1.23. The van der Waals surface area contributed by atoms with Crippen molar-refractivity contribution in [3.05, 3.63) is 28.5 Å². The Balaban J connectivity index is 3.01. The molecule has 5 heteroatoms. The number of aromatic nitrogens is 1. The predicted octanol–water partition coefficient (Wildman–Crippen LogP) is 2.23. The highest BCUT2D eigenvalue weighted by Gasteiger charge is 2.28. The minimum atomic E-state index is -0.781. The number of esters is 1. The van der Waals surface area contributed by atoms with Gasteiger partial charge in [0.2, 0.25) is 0 Å². The van der Waals surface area contributed by atoms with E-state index in [4.69, 9.17) is 0 Å². The smallest absolute Gasteiger partial charge is 0.316 e. The highest BCUT2D eigenvalue weighted by atomic mass is 79.9. The molecule has 0 saturated heterocycles. The fourth-order valence-electron chi connectivity index (χ4n) is 1.33. The summed E-state index contributed by atoms with van der Waals surface area (Å²) >= 11 is 3.23. The highest BCUT2D eigenvalue weighted by molar-refractivity contribution is 9.10. The molecule has 0 aliphatic heterocycles. The molecule has 0 radical (unpaired) electrons. The molecule has 1 heterocycles. The van der Waals surface area contributed by atoms with Gasteiger partial charge in [0.15, 0.2) is 5.78 Å². The van der Waals surface area contributed by atoms with E-state index in [0.29, 0.717) is 10.9 Å². The van der Waals surface area contributed by atoms with Gasteiger partial charge in [-0.25, -0.2) is 0 Å². The molecular formula is C11H12BrNO3. The molecule has 0 spiro atoms.